The summed E-state index contributed by atoms with van der Waals surface area (Å²) in [7, 11) is 0. The van der Waals surface area contributed by atoms with Gasteiger partial charge < -0.3 is 0 Å². The molecule has 2 N–H and O–H groups in total. The maximum atomic E-state index is 12.2. The molecule has 0 atom stereocenters. The summed E-state index contributed by atoms with van der Waals surface area (Å²) < 4.78 is 0. The molecular weight excluding hydrogens is 344 g/mol. The molecule has 1 aliphatic carbocycles. The molecule has 2 heterocycles. The summed E-state index contributed by atoms with van der Waals surface area (Å²) in [6.07, 6.45) is 6.81. The van der Waals surface area contributed by atoms with Crippen molar-refractivity contribution in [2.45, 2.75) is 6.42 Å². The maximum absolute atomic E-state index is 12.2. The van der Waals surface area contributed by atoms with Gasteiger partial charge in [-0.25, -0.2) is 0 Å². The zero-order valence-electron chi connectivity index (χ0n) is 14.2. The van der Waals surface area contributed by atoms with Gasteiger partial charge in [-0.2, -0.15) is 0 Å². The standard InChI is InChI=1S/C21H14N2O4/c1-11-5-4-8-14(19(11)16-10-18(25)23-21(16)27)12-6-2-3-7-13(12)15-9-17(24)22-20(15)26/h2-4,6-10H,1,5H2,(H,22,24,26)(H,23,25,27). The normalized spacial score (nSPS) is 19.3. The fourth-order valence-corrected chi connectivity index (χ4v) is 3.42. The lowest BCUT2D eigenvalue weighted by molar-refractivity contribution is -0.125. The smallest absolute Gasteiger partial charge is 0.258 e. The molecule has 0 saturated heterocycles. The molecule has 0 aromatic heterocycles. The average Bonchev–Trinajstić information content (AvgIpc) is 3.14. The highest BCUT2D eigenvalue weighted by Crippen LogP contribution is 2.38. The molecule has 3 aliphatic rings. The minimum Gasteiger partial charge on any atom is -0.289 e. The van der Waals surface area contributed by atoms with Crippen molar-refractivity contribution < 1.29 is 19.2 Å². The maximum Gasteiger partial charge on any atom is 0.258 e. The summed E-state index contributed by atoms with van der Waals surface area (Å²) in [6, 6.07) is 7.11. The molecule has 0 saturated carbocycles. The van der Waals surface area contributed by atoms with E-state index in [1.165, 1.54) is 12.2 Å². The van der Waals surface area contributed by atoms with Crippen LogP contribution in [0.3, 0.4) is 0 Å². The van der Waals surface area contributed by atoms with E-state index >= 15 is 0 Å². The second kappa shape index (κ2) is 6.17. The van der Waals surface area contributed by atoms with Crippen LogP contribution in [0.2, 0.25) is 0 Å². The number of allylic oxidation sites excluding steroid dienone is 4. The molecule has 6 heteroatoms. The van der Waals surface area contributed by atoms with E-state index in [1.54, 1.807) is 24.3 Å². The van der Waals surface area contributed by atoms with Gasteiger partial charge in [0.25, 0.3) is 23.6 Å². The van der Waals surface area contributed by atoms with Gasteiger partial charge in [-0.05, 0) is 34.3 Å². The number of carbonyl (C=O) groups is 4. The Morgan fingerprint density at radius 2 is 1.41 bits per heavy atom. The molecule has 2 aliphatic heterocycles. The molecule has 4 amide bonds. The second-order valence-corrected chi connectivity index (χ2v) is 6.30. The average molecular weight is 358 g/mol. The van der Waals surface area contributed by atoms with Gasteiger partial charge in [-0.15, -0.1) is 0 Å². The minimum absolute atomic E-state index is 0.250. The lowest BCUT2D eigenvalue weighted by atomic mass is 9.82. The first-order valence-electron chi connectivity index (χ1n) is 8.29. The fraction of sp³-hybridized carbons (Fsp3) is 0.0476. The Balaban J connectivity index is 1.96. The lowest BCUT2D eigenvalue weighted by Crippen LogP contribution is -2.23. The molecule has 0 radical (unpaired) electrons. The minimum atomic E-state index is -0.477. The summed E-state index contributed by atoms with van der Waals surface area (Å²) >= 11 is 0. The Hall–Kier alpha value is -3.80. The van der Waals surface area contributed by atoms with Gasteiger partial charge in [-0.3, -0.25) is 29.8 Å². The number of amides is 4. The Labute approximate surface area is 154 Å². The van der Waals surface area contributed by atoms with Gasteiger partial charge in [0.05, 0.1) is 11.1 Å². The molecule has 1 aromatic carbocycles. The summed E-state index contributed by atoms with van der Waals surface area (Å²) in [4.78, 5) is 47.6. The van der Waals surface area contributed by atoms with Crippen LogP contribution < -0.4 is 10.6 Å². The Morgan fingerprint density at radius 1 is 0.815 bits per heavy atom. The number of carbonyl (C=O) groups excluding carboxylic acids is 4. The first-order chi connectivity index (χ1) is 13.0. The quantitative estimate of drug-likeness (QED) is 0.803. The van der Waals surface area contributed by atoms with Crippen molar-refractivity contribution in [1.29, 1.82) is 0 Å². The predicted molar refractivity (Wildman–Crippen MR) is 98.6 cm³/mol. The molecule has 27 heavy (non-hydrogen) atoms. The molecule has 4 rings (SSSR count). The highest BCUT2D eigenvalue weighted by molar-refractivity contribution is 6.34. The van der Waals surface area contributed by atoms with Crippen LogP contribution in [0.25, 0.3) is 11.1 Å². The number of benzene rings is 1. The van der Waals surface area contributed by atoms with Crippen LogP contribution in [0.15, 0.2) is 71.9 Å². The molecule has 0 unspecified atom stereocenters. The van der Waals surface area contributed by atoms with E-state index in [9.17, 15) is 19.2 Å². The zero-order valence-corrected chi connectivity index (χ0v) is 14.2. The van der Waals surface area contributed by atoms with E-state index in [1.807, 2.05) is 12.2 Å². The second-order valence-electron chi connectivity index (χ2n) is 6.30. The molecule has 1 aromatic rings. The first-order valence-corrected chi connectivity index (χ1v) is 8.29. The van der Waals surface area contributed by atoms with E-state index in [2.05, 4.69) is 17.2 Å². The fourth-order valence-electron chi connectivity index (χ4n) is 3.42. The molecule has 0 bridgehead atoms. The SMILES string of the molecule is C=C1CC=CC(c2ccccc2C2=CC(=O)NC2=O)=C1C1=CC(=O)NC1=O. The number of nitrogens with one attached hydrogen (secondary N) is 2. The molecule has 0 fully saturated rings. The van der Waals surface area contributed by atoms with Crippen LogP contribution in [0.5, 0.6) is 0 Å². The number of imide groups is 2. The van der Waals surface area contributed by atoms with Crippen molar-refractivity contribution >= 4 is 34.8 Å². The highest BCUT2D eigenvalue weighted by Gasteiger charge is 2.30. The van der Waals surface area contributed by atoms with Crippen molar-refractivity contribution in [3.63, 3.8) is 0 Å². The van der Waals surface area contributed by atoms with Crippen molar-refractivity contribution in [2.75, 3.05) is 0 Å². The third-order valence-corrected chi connectivity index (χ3v) is 4.56. The zero-order chi connectivity index (χ0) is 19.1. The largest absolute Gasteiger partial charge is 0.289 e. The van der Waals surface area contributed by atoms with Gasteiger partial charge in [0.1, 0.15) is 0 Å². The van der Waals surface area contributed by atoms with Crippen molar-refractivity contribution in [1.82, 2.24) is 10.6 Å². The number of hydrogen-bond donors (Lipinski definition) is 2. The lowest BCUT2D eigenvalue weighted by Gasteiger charge is -2.21. The van der Waals surface area contributed by atoms with E-state index in [4.69, 9.17) is 0 Å². The van der Waals surface area contributed by atoms with Gasteiger partial charge in [0, 0.05) is 12.2 Å². The predicted octanol–water partition coefficient (Wildman–Crippen LogP) is 1.58. The van der Waals surface area contributed by atoms with Crippen molar-refractivity contribution in [2.24, 2.45) is 0 Å². The van der Waals surface area contributed by atoms with Crippen molar-refractivity contribution in [3.8, 4) is 0 Å². The summed E-state index contributed by atoms with van der Waals surface area (Å²) in [5.41, 5.74) is 3.68. The van der Waals surface area contributed by atoms with Crippen LogP contribution in [-0.4, -0.2) is 23.6 Å². The molecule has 6 nitrogen and oxygen atoms in total. The third-order valence-electron chi connectivity index (χ3n) is 4.56. The van der Waals surface area contributed by atoms with Crippen molar-refractivity contribution in [3.05, 3.63) is 83.0 Å². The van der Waals surface area contributed by atoms with Crippen LogP contribution >= 0.6 is 0 Å². The summed E-state index contributed by atoms with van der Waals surface area (Å²) in [6.45, 7) is 4.04. The Morgan fingerprint density at radius 3 is 2.00 bits per heavy atom. The van der Waals surface area contributed by atoms with E-state index in [-0.39, 0.29) is 11.1 Å². The molecular formula is C21H14N2O4. The highest BCUT2D eigenvalue weighted by atomic mass is 16.2. The van der Waals surface area contributed by atoms with Gasteiger partial charge in [-0.1, -0.05) is 43.0 Å². The summed E-state index contributed by atoms with van der Waals surface area (Å²) in [5.74, 6) is -1.89. The molecule has 132 valence electrons. The van der Waals surface area contributed by atoms with Gasteiger partial charge >= 0.3 is 0 Å². The van der Waals surface area contributed by atoms with Crippen LogP contribution in [0, 0.1) is 0 Å². The van der Waals surface area contributed by atoms with Crippen LogP contribution in [0.4, 0.5) is 0 Å². The Kier molecular flexibility index (Phi) is 3.81. The van der Waals surface area contributed by atoms with E-state index in [0.29, 0.717) is 34.3 Å². The first kappa shape index (κ1) is 16.7. The van der Waals surface area contributed by atoms with Gasteiger partial charge in [0.15, 0.2) is 0 Å². The van der Waals surface area contributed by atoms with Crippen LogP contribution in [0.1, 0.15) is 17.5 Å². The van der Waals surface area contributed by atoms with Crippen LogP contribution in [-0.2, 0) is 19.2 Å². The molecule has 0 spiro atoms. The van der Waals surface area contributed by atoms with E-state index < -0.39 is 23.6 Å². The van der Waals surface area contributed by atoms with E-state index in [0.717, 1.165) is 0 Å². The Bertz CT molecular complexity index is 1080. The van der Waals surface area contributed by atoms with Gasteiger partial charge in [0.2, 0.25) is 0 Å². The number of rotatable bonds is 3. The summed E-state index contributed by atoms with van der Waals surface area (Å²) in [5, 5.41) is 4.49. The third kappa shape index (κ3) is 2.77. The number of hydrogen-bond acceptors (Lipinski definition) is 4. The topological polar surface area (TPSA) is 92.3 Å². The monoisotopic (exact) mass is 358 g/mol.